The lowest BCUT2D eigenvalue weighted by molar-refractivity contribution is -0.159. The number of ketones is 1. The standard InChI is InChI=1S/C27H36O4/c1-26-15-13-23(28)19(16-25(30)31-17-6-4-3-5-7-17)21(26)9-8-18-20-10-11-24(29)27(20,2)14-12-22(18)26/h3-7,18-22,24,29H,8-16H2,1-2H3/t18-,19?,20-,21?,22-,24-,26-,27-/m0/s1. The van der Waals surface area contributed by atoms with E-state index in [-0.39, 0.29) is 46.9 Å². The Balaban J connectivity index is 1.35. The first-order valence-corrected chi connectivity index (χ1v) is 12.3. The van der Waals surface area contributed by atoms with Crippen LogP contribution >= 0.6 is 0 Å². The largest absolute Gasteiger partial charge is 0.427 e. The molecule has 0 amide bonds. The van der Waals surface area contributed by atoms with Crippen LogP contribution in [0.1, 0.15) is 71.6 Å². The van der Waals surface area contributed by atoms with E-state index in [4.69, 9.17) is 4.74 Å². The van der Waals surface area contributed by atoms with Gasteiger partial charge >= 0.3 is 5.97 Å². The van der Waals surface area contributed by atoms with Crippen LogP contribution in [0.25, 0.3) is 0 Å². The number of para-hydroxylation sites is 1. The summed E-state index contributed by atoms with van der Waals surface area (Å²) in [7, 11) is 0. The molecule has 1 aromatic carbocycles. The molecule has 0 bridgehead atoms. The average Bonchev–Trinajstić information content (AvgIpc) is 3.06. The fraction of sp³-hybridized carbons (Fsp3) is 0.704. The molecule has 0 aromatic heterocycles. The van der Waals surface area contributed by atoms with Gasteiger partial charge in [0, 0.05) is 12.3 Å². The van der Waals surface area contributed by atoms with Crippen molar-refractivity contribution in [3.05, 3.63) is 30.3 Å². The molecule has 5 rings (SSSR count). The van der Waals surface area contributed by atoms with Gasteiger partial charge in [-0.15, -0.1) is 0 Å². The van der Waals surface area contributed by atoms with Crippen LogP contribution in [0.2, 0.25) is 0 Å². The topological polar surface area (TPSA) is 63.6 Å². The number of hydrogen-bond donors (Lipinski definition) is 1. The first kappa shape index (κ1) is 21.2. The summed E-state index contributed by atoms with van der Waals surface area (Å²) in [6.45, 7) is 4.72. The highest BCUT2D eigenvalue weighted by atomic mass is 16.5. The molecular weight excluding hydrogens is 388 g/mol. The van der Waals surface area contributed by atoms with Crippen LogP contribution < -0.4 is 4.74 Å². The third-order valence-corrected chi connectivity index (χ3v) is 10.1. The average molecular weight is 425 g/mol. The zero-order chi connectivity index (χ0) is 21.8. The Morgan fingerprint density at radius 3 is 2.45 bits per heavy atom. The summed E-state index contributed by atoms with van der Waals surface area (Å²) in [6, 6.07) is 9.16. The molecule has 1 N–H and O–H groups in total. The van der Waals surface area contributed by atoms with E-state index >= 15 is 0 Å². The number of ether oxygens (including phenoxy) is 1. The second-order valence-electron chi connectivity index (χ2n) is 11.3. The van der Waals surface area contributed by atoms with Crippen molar-refractivity contribution >= 4 is 11.8 Å². The Bertz CT molecular complexity index is 850. The molecule has 4 fully saturated rings. The summed E-state index contributed by atoms with van der Waals surface area (Å²) in [5, 5.41) is 10.7. The monoisotopic (exact) mass is 424 g/mol. The minimum atomic E-state index is -0.286. The smallest absolute Gasteiger partial charge is 0.311 e. The van der Waals surface area contributed by atoms with Crippen molar-refractivity contribution in [1.82, 2.24) is 0 Å². The number of fused-ring (bicyclic) bond motifs is 5. The zero-order valence-corrected chi connectivity index (χ0v) is 18.9. The molecule has 1 aromatic rings. The number of aliphatic hydroxyl groups is 1. The number of hydrogen-bond acceptors (Lipinski definition) is 4. The Kier molecular flexibility index (Phi) is 5.28. The second kappa shape index (κ2) is 7.72. The van der Waals surface area contributed by atoms with Gasteiger partial charge in [-0.05, 0) is 91.6 Å². The van der Waals surface area contributed by atoms with Crippen molar-refractivity contribution < 1.29 is 19.4 Å². The van der Waals surface area contributed by atoms with E-state index in [9.17, 15) is 14.7 Å². The minimum absolute atomic E-state index is 0.0771. The van der Waals surface area contributed by atoms with E-state index in [1.807, 2.05) is 18.2 Å². The molecule has 0 saturated heterocycles. The number of Topliss-reactive ketones (excluding diaryl/α,β-unsaturated/α-hetero) is 1. The molecule has 168 valence electrons. The first-order valence-electron chi connectivity index (χ1n) is 12.3. The highest BCUT2D eigenvalue weighted by Crippen LogP contribution is 2.66. The van der Waals surface area contributed by atoms with Gasteiger partial charge in [-0.3, -0.25) is 9.59 Å². The maximum atomic E-state index is 13.0. The van der Waals surface area contributed by atoms with Crippen molar-refractivity contribution in [3.8, 4) is 5.75 Å². The van der Waals surface area contributed by atoms with Crippen LogP contribution in [-0.2, 0) is 9.59 Å². The van der Waals surface area contributed by atoms with Crippen LogP contribution in [0.4, 0.5) is 0 Å². The van der Waals surface area contributed by atoms with Crippen LogP contribution in [0.3, 0.4) is 0 Å². The lowest BCUT2D eigenvalue weighted by atomic mass is 9.43. The molecule has 4 saturated carbocycles. The van der Waals surface area contributed by atoms with Crippen molar-refractivity contribution in [2.75, 3.05) is 0 Å². The molecule has 0 heterocycles. The first-order chi connectivity index (χ1) is 14.8. The quantitative estimate of drug-likeness (QED) is 0.536. The van der Waals surface area contributed by atoms with Gasteiger partial charge in [0.2, 0.25) is 0 Å². The predicted octanol–water partition coefficient (Wildman–Crippen LogP) is 5.18. The van der Waals surface area contributed by atoms with Crippen LogP contribution in [0.15, 0.2) is 30.3 Å². The predicted molar refractivity (Wildman–Crippen MR) is 118 cm³/mol. The van der Waals surface area contributed by atoms with E-state index in [1.165, 1.54) is 0 Å². The number of benzene rings is 1. The van der Waals surface area contributed by atoms with Gasteiger partial charge in [0.15, 0.2) is 0 Å². The highest BCUT2D eigenvalue weighted by molar-refractivity contribution is 5.87. The van der Waals surface area contributed by atoms with E-state index < -0.39 is 0 Å². The second-order valence-corrected chi connectivity index (χ2v) is 11.3. The third-order valence-electron chi connectivity index (χ3n) is 10.1. The highest BCUT2D eigenvalue weighted by Gasteiger charge is 2.61. The van der Waals surface area contributed by atoms with Crippen LogP contribution in [-0.4, -0.2) is 23.0 Å². The maximum absolute atomic E-state index is 13.0. The van der Waals surface area contributed by atoms with Gasteiger partial charge in [0.1, 0.15) is 11.5 Å². The number of aliphatic hydroxyl groups excluding tert-OH is 1. The van der Waals surface area contributed by atoms with E-state index in [0.29, 0.717) is 29.9 Å². The van der Waals surface area contributed by atoms with Gasteiger partial charge in [-0.25, -0.2) is 0 Å². The molecule has 2 unspecified atom stereocenters. The summed E-state index contributed by atoms with van der Waals surface area (Å²) < 4.78 is 5.55. The lowest BCUT2D eigenvalue weighted by Gasteiger charge is -2.61. The molecule has 4 heteroatoms. The molecule has 4 aliphatic carbocycles. The summed E-state index contributed by atoms with van der Waals surface area (Å²) in [6.07, 6.45) is 8.07. The van der Waals surface area contributed by atoms with Gasteiger partial charge in [0.25, 0.3) is 0 Å². The van der Waals surface area contributed by atoms with Crippen molar-refractivity contribution in [3.63, 3.8) is 0 Å². The number of esters is 1. The van der Waals surface area contributed by atoms with E-state index in [1.54, 1.807) is 12.1 Å². The molecule has 0 spiro atoms. The van der Waals surface area contributed by atoms with Gasteiger partial charge < -0.3 is 9.84 Å². The third kappa shape index (κ3) is 3.37. The molecular formula is C27H36O4. The van der Waals surface area contributed by atoms with Crippen molar-refractivity contribution in [2.24, 2.45) is 40.4 Å². The fourth-order valence-electron chi connectivity index (χ4n) is 8.39. The molecule has 8 atom stereocenters. The minimum Gasteiger partial charge on any atom is -0.427 e. The Labute approximate surface area is 185 Å². The van der Waals surface area contributed by atoms with Gasteiger partial charge in [0.05, 0.1) is 12.5 Å². The van der Waals surface area contributed by atoms with Crippen LogP contribution in [0.5, 0.6) is 5.75 Å². The van der Waals surface area contributed by atoms with Crippen LogP contribution in [0, 0.1) is 40.4 Å². The zero-order valence-electron chi connectivity index (χ0n) is 18.9. The summed E-state index contributed by atoms with van der Waals surface area (Å²) in [5.74, 6) is 2.45. The van der Waals surface area contributed by atoms with Crippen molar-refractivity contribution in [2.45, 2.75) is 77.7 Å². The SMILES string of the molecule is C[C@]12CC[C@H]3[C@@H](CCC4C(CC(=O)Oc5ccccc5)C(=O)CC[C@@]43C)[C@@H]1CC[C@@H]2O. The molecule has 0 radical (unpaired) electrons. The Morgan fingerprint density at radius 1 is 0.968 bits per heavy atom. The maximum Gasteiger partial charge on any atom is 0.311 e. The number of carbonyl (C=O) groups excluding carboxylic acids is 2. The molecule has 31 heavy (non-hydrogen) atoms. The molecule has 4 nitrogen and oxygen atoms in total. The Morgan fingerprint density at radius 2 is 1.68 bits per heavy atom. The Hall–Kier alpha value is -1.68. The summed E-state index contributed by atoms with van der Waals surface area (Å²) in [4.78, 5) is 25.7. The summed E-state index contributed by atoms with van der Waals surface area (Å²) >= 11 is 0. The number of rotatable bonds is 3. The summed E-state index contributed by atoms with van der Waals surface area (Å²) in [5.41, 5.74) is 0.192. The van der Waals surface area contributed by atoms with Gasteiger partial charge in [-0.2, -0.15) is 0 Å². The normalized spacial score (nSPS) is 44.2. The molecule has 0 aliphatic heterocycles. The van der Waals surface area contributed by atoms with Gasteiger partial charge in [-0.1, -0.05) is 32.0 Å². The fourth-order valence-corrected chi connectivity index (χ4v) is 8.39. The van der Waals surface area contributed by atoms with Crippen molar-refractivity contribution in [1.29, 1.82) is 0 Å². The lowest BCUT2D eigenvalue weighted by Crippen LogP contribution is -2.56. The number of carbonyl (C=O) groups is 2. The van der Waals surface area contributed by atoms with E-state index in [0.717, 1.165) is 44.9 Å². The van der Waals surface area contributed by atoms with E-state index in [2.05, 4.69) is 13.8 Å². The molecule has 4 aliphatic rings.